The van der Waals surface area contributed by atoms with Crippen LogP contribution in [0, 0.1) is 0 Å². The van der Waals surface area contributed by atoms with Gasteiger partial charge in [0.05, 0.1) is 0 Å². The van der Waals surface area contributed by atoms with Crippen molar-refractivity contribution < 1.29 is 0 Å². The summed E-state index contributed by atoms with van der Waals surface area (Å²) >= 11 is 0. The Labute approximate surface area is 104 Å². The van der Waals surface area contributed by atoms with E-state index in [0.717, 1.165) is 26.1 Å². The number of nitrogens with two attached hydrogens (primary N) is 1. The highest BCUT2D eigenvalue weighted by Crippen LogP contribution is 2.11. The number of nitrogens with zero attached hydrogens (tertiary/aromatic N) is 1. The lowest BCUT2D eigenvalue weighted by atomic mass is 10.2. The van der Waals surface area contributed by atoms with E-state index in [1.807, 2.05) is 0 Å². The molecule has 1 aromatic carbocycles. The molecule has 1 unspecified atom stereocenters. The quantitative estimate of drug-likeness (QED) is 0.869. The fourth-order valence-electron chi connectivity index (χ4n) is 1.85. The van der Waals surface area contributed by atoms with Crippen LogP contribution in [-0.2, 0) is 6.54 Å². The van der Waals surface area contributed by atoms with Gasteiger partial charge in [0.25, 0.3) is 0 Å². The minimum absolute atomic E-state index is 0. The monoisotopic (exact) mass is 248 g/mol. The van der Waals surface area contributed by atoms with Gasteiger partial charge in [-0.05, 0) is 12.0 Å². The van der Waals surface area contributed by atoms with E-state index in [-0.39, 0.29) is 24.8 Å². The van der Waals surface area contributed by atoms with Gasteiger partial charge in [0.1, 0.15) is 0 Å². The van der Waals surface area contributed by atoms with Crippen molar-refractivity contribution in [1.29, 1.82) is 0 Å². The van der Waals surface area contributed by atoms with Gasteiger partial charge < -0.3 is 5.73 Å². The minimum Gasteiger partial charge on any atom is -0.326 e. The number of benzene rings is 1. The van der Waals surface area contributed by atoms with Crippen LogP contribution < -0.4 is 5.73 Å². The molecule has 2 N–H and O–H groups in total. The molecule has 1 saturated heterocycles. The molecular formula is C11H18Cl2N2. The Bertz CT molecular complexity index is 267. The normalized spacial score (nSPS) is 20.5. The third-order valence-electron chi connectivity index (χ3n) is 2.56. The molecule has 0 amide bonds. The van der Waals surface area contributed by atoms with Crippen LogP contribution in [0.5, 0.6) is 0 Å². The van der Waals surface area contributed by atoms with E-state index in [1.165, 1.54) is 5.56 Å². The van der Waals surface area contributed by atoms with Gasteiger partial charge in [-0.1, -0.05) is 30.3 Å². The van der Waals surface area contributed by atoms with Crippen LogP contribution in [0.25, 0.3) is 0 Å². The largest absolute Gasteiger partial charge is 0.326 e. The molecule has 4 heteroatoms. The standard InChI is InChI=1S/C11H16N2.2ClH/c12-11-6-7-13(9-11)8-10-4-2-1-3-5-10;;/h1-5,11H,6-9,12H2;2*1H. The second-order valence-electron chi connectivity index (χ2n) is 3.77. The van der Waals surface area contributed by atoms with Gasteiger partial charge in [-0.3, -0.25) is 4.90 Å². The second kappa shape index (κ2) is 7.07. The molecule has 0 radical (unpaired) electrons. The minimum atomic E-state index is 0. The van der Waals surface area contributed by atoms with Gasteiger partial charge in [-0.2, -0.15) is 0 Å². The van der Waals surface area contributed by atoms with Gasteiger partial charge >= 0.3 is 0 Å². The SMILES string of the molecule is Cl.Cl.NC1CCN(Cc2ccccc2)C1. The first kappa shape index (κ1) is 14.7. The molecule has 2 rings (SSSR count). The summed E-state index contributed by atoms with van der Waals surface area (Å²) in [4.78, 5) is 2.42. The number of rotatable bonds is 2. The van der Waals surface area contributed by atoms with Crippen molar-refractivity contribution in [2.45, 2.75) is 19.0 Å². The van der Waals surface area contributed by atoms with E-state index >= 15 is 0 Å². The van der Waals surface area contributed by atoms with Crippen molar-refractivity contribution in [3.63, 3.8) is 0 Å². The number of halogens is 2. The lowest BCUT2D eigenvalue weighted by Crippen LogP contribution is -2.26. The third-order valence-corrected chi connectivity index (χ3v) is 2.56. The van der Waals surface area contributed by atoms with Crippen LogP contribution in [0.4, 0.5) is 0 Å². The zero-order valence-electron chi connectivity index (χ0n) is 8.63. The summed E-state index contributed by atoms with van der Waals surface area (Å²) in [7, 11) is 0. The highest BCUT2D eigenvalue weighted by molar-refractivity contribution is 5.85. The molecule has 1 aliphatic rings. The van der Waals surface area contributed by atoms with E-state index in [9.17, 15) is 0 Å². The number of hydrogen-bond donors (Lipinski definition) is 1. The summed E-state index contributed by atoms with van der Waals surface area (Å²) in [6.45, 7) is 3.25. The molecule has 86 valence electrons. The molecule has 1 aliphatic heterocycles. The van der Waals surface area contributed by atoms with E-state index in [1.54, 1.807) is 0 Å². The van der Waals surface area contributed by atoms with Gasteiger partial charge in [0, 0.05) is 25.7 Å². The lowest BCUT2D eigenvalue weighted by Gasteiger charge is -2.14. The highest BCUT2D eigenvalue weighted by Gasteiger charge is 2.18. The molecule has 0 aromatic heterocycles. The molecule has 1 fully saturated rings. The fraction of sp³-hybridized carbons (Fsp3) is 0.455. The molecule has 0 spiro atoms. The van der Waals surface area contributed by atoms with Gasteiger partial charge in [0.2, 0.25) is 0 Å². The van der Waals surface area contributed by atoms with Crippen LogP contribution in [0.2, 0.25) is 0 Å². The molecule has 0 saturated carbocycles. The fourth-order valence-corrected chi connectivity index (χ4v) is 1.85. The van der Waals surface area contributed by atoms with Gasteiger partial charge in [-0.25, -0.2) is 0 Å². The van der Waals surface area contributed by atoms with Crippen molar-refractivity contribution in [1.82, 2.24) is 4.90 Å². The molecule has 1 atom stereocenters. The Morgan fingerprint density at radius 1 is 1.20 bits per heavy atom. The third kappa shape index (κ3) is 4.39. The maximum absolute atomic E-state index is 5.84. The Hall–Kier alpha value is -0.280. The van der Waals surface area contributed by atoms with E-state index in [2.05, 4.69) is 35.2 Å². The van der Waals surface area contributed by atoms with Crippen LogP contribution in [0.3, 0.4) is 0 Å². The van der Waals surface area contributed by atoms with Crippen molar-refractivity contribution in [2.75, 3.05) is 13.1 Å². The second-order valence-corrected chi connectivity index (χ2v) is 3.77. The number of likely N-dealkylation sites (tertiary alicyclic amines) is 1. The average Bonchev–Trinajstić information content (AvgIpc) is 2.53. The predicted molar refractivity (Wildman–Crippen MR) is 68.8 cm³/mol. The molecule has 0 bridgehead atoms. The Kier molecular flexibility index (Phi) is 6.94. The van der Waals surface area contributed by atoms with E-state index < -0.39 is 0 Å². The van der Waals surface area contributed by atoms with Crippen LogP contribution >= 0.6 is 24.8 Å². The Morgan fingerprint density at radius 3 is 2.40 bits per heavy atom. The predicted octanol–water partition coefficient (Wildman–Crippen LogP) is 2.06. The summed E-state index contributed by atoms with van der Waals surface area (Å²) in [5.74, 6) is 0. The van der Waals surface area contributed by atoms with Crippen molar-refractivity contribution in [2.24, 2.45) is 5.73 Å². The maximum atomic E-state index is 5.84. The first-order valence-corrected chi connectivity index (χ1v) is 4.86. The molecule has 1 aromatic rings. The smallest absolute Gasteiger partial charge is 0.0234 e. The summed E-state index contributed by atoms with van der Waals surface area (Å²) in [6, 6.07) is 11.0. The lowest BCUT2D eigenvalue weighted by molar-refractivity contribution is 0.327. The maximum Gasteiger partial charge on any atom is 0.0234 e. The molecule has 0 aliphatic carbocycles. The van der Waals surface area contributed by atoms with Gasteiger partial charge in [0.15, 0.2) is 0 Å². The van der Waals surface area contributed by atoms with Crippen LogP contribution in [0.15, 0.2) is 30.3 Å². The Balaban J connectivity index is 0.000000980. The topological polar surface area (TPSA) is 29.3 Å². The van der Waals surface area contributed by atoms with E-state index in [0.29, 0.717) is 6.04 Å². The van der Waals surface area contributed by atoms with Crippen molar-refractivity contribution in [3.8, 4) is 0 Å². The molecular weight excluding hydrogens is 231 g/mol. The Morgan fingerprint density at radius 2 is 1.87 bits per heavy atom. The van der Waals surface area contributed by atoms with Crippen molar-refractivity contribution >= 4 is 24.8 Å². The van der Waals surface area contributed by atoms with Crippen LogP contribution in [-0.4, -0.2) is 24.0 Å². The first-order chi connectivity index (χ1) is 6.34. The zero-order valence-corrected chi connectivity index (χ0v) is 10.3. The highest BCUT2D eigenvalue weighted by atomic mass is 35.5. The zero-order chi connectivity index (χ0) is 9.10. The summed E-state index contributed by atoms with van der Waals surface area (Å²) in [6.07, 6.45) is 1.15. The molecule has 2 nitrogen and oxygen atoms in total. The van der Waals surface area contributed by atoms with Crippen molar-refractivity contribution in [3.05, 3.63) is 35.9 Å². The first-order valence-electron chi connectivity index (χ1n) is 4.86. The summed E-state index contributed by atoms with van der Waals surface area (Å²) in [5.41, 5.74) is 7.22. The molecule has 15 heavy (non-hydrogen) atoms. The average molecular weight is 249 g/mol. The van der Waals surface area contributed by atoms with E-state index in [4.69, 9.17) is 5.73 Å². The van der Waals surface area contributed by atoms with Crippen LogP contribution in [0.1, 0.15) is 12.0 Å². The summed E-state index contributed by atoms with van der Waals surface area (Å²) < 4.78 is 0. The number of hydrogen-bond acceptors (Lipinski definition) is 2. The van der Waals surface area contributed by atoms with Gasteiger partial charge in [-0.15, -0.1) is 24.8 Å². The molecule has 1 heterocycles. The summed E-state index contributed by atoms with van der Waals surface area (Å²) in [5, 5.41) is 0.